The lowest BCUT2D eigenvalue weighted by Gasteiger charge is -2.03. The smallest absolute Gasteiger partial charge is 0.288 e. The molecule has 0 fully saturated rings. The molecule has 1 aromatic heterocycles. The highest BCUT2D eigenvalue weighted by Crippen LogP contribution is 2.27. The van der Waals surface area contributed by atoms with Gasteiger partial charge in [0.25, 0.3) is 5.92 Å². The molecule has 3 nitrogen and oxygen atoms in total. The highest BCUT2D eigenvalue weighted by Gasteiger charge is 2.28. The molecular weight excluding hydrogens is 178 g/mol. The quantitative estimate of drug-likeness (QED) is 0.721. The molecule has 72 valence electrons. The molecule has 5 heteroatoms. The molecule has 0 atom stereocenters. The van der Waals surface area contributed by atoms with Gasteiger partial charge in [-0.05, 0) is 6.07 Å². The van der Waals surface area contributed by atoms with Gasteiger partial charge in [0.2, 0.25) is 0 Å². The van der Waals surface area contributed by atoms with Crippen LogP contribution in [0.1, 0.15) is 18.3 Å². The minimum atomic E-state index is -2.99. The number of hydrogen-bond donors (Lipinski definition) is 1. The third-order valence-corrected chi connectivity index (χ3v) is 1.63. The predicted molar refractivity (Wildman–Crippen MR) is 44.4 cm³/mol. The van der Waals surface area contributed by atoms with E-state index in [0.29, 0.717) is 0 Å². The van der Waals surface area contributed by atoms with Gasteiger partial charge in [-0.25, -0.2) is 0 Å². The van der Waals surface area contributed by atoms with Crippen molar-refractivity contribution in [3.05, 3.63) is 24.0 Å². The number of nitrogens with zero attached hydrogens (tertiary/aromatic N) is 2. The summed E-state index contributed by atoms with van der Waals surface area (Å²) in [4.78, 5) is 0. The van der Waals surface area contributed by atoms with Crippen molar-refractivity contribution in [1.29, 1.82) is 0 Å². The Labute approximate surface area is 74.3 Å². The maximum absolute atomic E-state index is 12.7. The first kappa shape index (κ1) is 9.70. The number of alkyl halides is 2. The summed E-state index contributed by atoms with van der Waals surface area (Å²) >= 11 is 0. The summed E-state index contributed by atoms with van der Waals surface area (Å²) in [7, 11) is 1.46. The number of aromatic nitrogens is 2. The predicted octanol–water partition coefficient (Wildman–Crippen LogP) is 2.06. The van der Waals surface area contributed by atoms with Crippen LogP contribution in [-0.2, 0) is 13.0 Å². The Morgan fingerprint density at radius 1 is 1.69 bits per heavy atom. The van der Waals surface area contributed by atoms with Crippen molar-refractivity contribution in [3.63, 3.8) is 0 Å². The van der Waals surface area contributed by atoms with Crippen molar-refractivity contribution in [2.75, 3.05) is 0 Å². The molecule has 0 saturated heterocycles. The molecule has 1 aromatic rings. The molecular formula is C8H10F2N2O. The number of rotatable bonds is 2. The summed E-state index contributed by atoms with van der Waals surface area (Å²) in [5.41, 5.74) is -0.184. The summed E-state index contributed by atoms with van der Waals surface area (Å²) in [6.07, 6.45) is 0. The average Bonchev–Trinajstić information content (AvgIpc) is 2.29. The van der Waals surface area contributed by atoms with Crippen molar-refractivity contribution in [2.45, 2.75) is 12.8 Å². The number of hydrogen-bond acceptors (Lipinski definition) is 2. The largest absolute Gasteiger partial charge is 0.506 e. The van der Waals surface area contributed by atoms with Crippen LogP contribution < -0.4 is 0 Å². The third-order valence-electron chi connectivity index (χ3n) is 1.63. The molecule has 0 aromatic carbocycles. The second-order valence-electron chi connectivity index (χ2n) is 2.87. The molecule has 0 amide bonds. The van der Waals surface area contributed by atoms with E-state index in [1.165, 1.54) is 7.05 Å². The number of aliphatic hydroxyl groups is 1. The molecule has 0 aliphatic rings. The number of aliphatic hydroxyl groups excluding tert-OH is 1. The van der Waals surface area contributed by atoms with Gasteiger partial charge < -0.3 is 5.11 Å². The molecule has 0 aliphatic heterocycles. The van der Waals surface area contributed by atoms with E-state index < -0.39 is 5.92 Å². The van der Waals surface area contributed by atoms with Gasteiger partial charge in [-0.1, -0.05) is 6.58 Å². The first-order valence-electron chi connectivity index (χ1n) is 3.63. The molecule has 1 rings (SSSR count). The normalized spacial score (nSPS) is 11.7. The monoisotopic (exact) mass is 188 g/mol. The van der Waals surface area contributed by atoms with Crippen LogP contribution in [0.5, 0.6) is 0 Å². The van der Waals surface area contributed by atoms with E-state index in [1.54, 1.807) is 0 Å². The third kappa shape index (κ3) is 1.85. The van der Waals surface area contributed by atoms with E-state index >= 15 is 0 Å². The number of aryl methyl sites for hydroxylation is 1. The molecule has 1 heterocycles. The van der Waals surface area contributed by atoms with E-state index in [9.17, 15) is 8.78 Å². The van der Waals surface area contributed by atoms with Gasteiger partial charge >= 0.3 is 0 Å². The van der Waals surface area contributed by atoms with Gasteiger partial charge in [-0.3, -0.25) is 4.68 Å². The van der Waals surface area contributed by atoms with E-state index in [-0.39, 0.29) is 17.1 Å². The minimum Gasteiger partial charge on any atom is -0.506 e. The summed E-state index contributed by atoms with van der Waals surface area (Å²) < 4.78 is 26.6. The van der Waals surface area contributed by atoms with Crippen LogP contribution in [0.15, 0.2) is 12.6 Å². The highest BCUT2D eigenvalue weighted by atomic mass is 19.3. The zero-order valence-electron chi connectivity index (χ0n) is 7.38. The van der Waals surface area contributed by atoms with Gasteiger partial charge in [0.1, 0.15) is 17.1 Å². The van der Waals surface area contributed by atoms with Crippen LogP contribution in [0, 0.1) is 0 Å². The lowest BCUT2D eigenvalue weighted by atomic mass is 10.2. The standard InChI is InChI=1S/C8H10F2N2O/c1-5(13)6-4-7(8(2,9)10)11-12(6)3/h4,13H,1H2,2-3H3. The minimum absolute atomic E-state index is 0.191. The Morgan fingerprint density at radius 2 is 2.23 bits per heavy atom. The van der Waals surface area contributed by atoms with E-state index in [0.717, 1.165) is 17.7 Å². The Kier molecular flexibility index (Phi) is 2.11. The molecule has 0 unspecified atom stereocenters. The lowest BCUT2D eigenvalue weighted by molar-refractivity contribution is 0.0122. The van der Waals surface area contributed by atoms with Crippen molar-refractivity contribution in [1.82, 2.24) is 9.78 Å². The molecule has 0 radical (unpaired) electrons. The maximum Gasteiger partial charge on any atom is 0.288 e. The van der Waals surface area contributed by atoms with Crippen LogP contribution in [0.25, 0.3) is 5.76 Å². The summed E-state index contributed by atoms with van der Waals surface area (Å²) in [6.45, 7) is 3.98. The Hall–Kier alpha value is -1.39. The van der Waals surface area contributed by atoms with Crippen LogP contribution in [0.3, 0.4) is 0 Å². The van der Waals surface area contributed by atoms with Crippen molar-refractivity contribution in [2.24, 2.45) is 7.05 Å². The molecule has 0 saturated carbocycles. The first-order chi connectivity index (χ1) is 5.82. The van der Waals surface area contributed by atoms with Gasteiger partial charge in [0, 0.05) is 14.0 Å². The van der Waals surface area contributed by atoms with Crippen molar-refractivity contribution >= 4 is 5.76 Å². The van der Waals surface area contributed by atoms with Crippen LogP contribution in [-0.4, -0.2) is 14.9 Å². The Balaban J connectivity index is 3.17. The zero-order chi connectivity index (χ0) is 10.2. The second-order valence-corrected chi connectivity index (χ2v) is 2.87. The first-order valence-corrected chi connectivity index (χ1v) is 3.63. The SMILES string of the molecule is C=C(O)c1cc(C(C)(F)F)nn1C. The Morgan fingerprint density at radius 3 is 2.46 bits per heavy atom. The van der Waals surface area contributed by atoms with Gasteiger partial charge in [-0.15, -0.1) is 0 Å². The Bertz CT molecular complexity index is 338. The van der Waals surface area contributed by atoms with Gasteiger partial charge in [-0.2, -0.15) is 13.9 Å². The summed E-state index contributed by atoms with van der Waals surface area (Å²) in [6, 6.07) is 1.11. The topological polar surface area (TPSA) is 38.1 Å². The second kappa shape index (κ2) is 2.83. The average molecular weight is 188 g/mol. The van der Waals surface area contributed by atoms with E-state index in [4.69, 9.17) is 5.11 Å². The number of halogens is 2. The highest BCUT2D eigenvalue weighted by molar-refractivity contribution is 5.52. The molecule has 13 heavy (non-hydrogen) atoms. The molecule has 0 aliphatic carbocycles. The van der Waals surface area contributed by atoms with E-state index in [1.807, 2.05) is 0 Å². The maximum atomic E-state index is 12.7. The van der Waals surface area contributed by atoms with Gasteiger partial charge in [0.05, 0.1) is 0 Å². The fourth-order valence-corrected chi connectivity index (χ4v) is 0.952. The molecule has 1 N–H and O–H groups in total. The fraction of sp³-hybridized carbons (Fsp3) is 0.375. The van der Waals surface area contributed by atoms with Gasteiger partial charge in [0.15, 0.2) is 0 Å². The lowest BCUT2D eigenvalue weighted by Crippen LogP contribution is -2.08. The fourth-order valence-electron chi connectivity index (χ4n) is 0.952. The van der Waals surface area contributed by atoms with Crippen molar-refractivity contribution < 1.29 is 13.9 Å². The van der Waals surface area contributed by atoms with E-state index in [2.05, 4.69) is 11.7 Å². The van der Waals surface area contributed by atoms with Crippen LogP contribution >= 0.6 is 0 Å². The summed E-state index contributed by atoms with van der Waals surface area (Å²) in [5, 5.41) is 12.5. The zero-order valence-corrected chi connectivity index (χ0v) is 7.38. The molecule has 0 spiro atoms. The summed E-state index contributed by atoms with van der Waals surface area (Å²) in [5.74, 6) is -3.27. The van der Waals surface area contributed by atoms with Crippen molar-refractivity contribution in [3.8, 4) is 0 Å². The van der Waals surface area contributed by atoms with Crippen LogP contribution in [0.4, 0.5) is 8.78 Å². The van der Waals surface area contributed by atoms with Crippen LogP contribution in [0.2, 0.25) is 0 Å². The molecule has 0 bridgehead atoms.